The van der Waals surface area contributed by atoms with Crippen molar-refractivity contribution in [3.8, 4) is 0 Å². The van der Waals surface area contributed by atoms with Crippen LogP contribution in [0.5, 0.6) is 0 Å². The molecule has 2 N–H and O–H groups in total. The van der Waals surface area contributed by atoms with Crippen LogP contribution in [0, 0.1) is 6.92 Å². The van der Waals surface area contributed by atoms with E-state index in [1.807, 2.05) is 68.4 Å². The lowest BCUT2D eigenvalue weighted by Gasteiger charge is -2.16. The summed E-state index contributed by atoms with van der Waals surface area (Å²) in [7, 11) is 0. The van der Waals surface area contributed by atoms with Crippen LogP contribution in [-0.2, 0) is 4.79 Å². The number of thioether (sulfide) groups is 1. The van der Waals surface area contributed by atoms with Crippen LogP contribution in [0.15, 0.2) is 83.9 Å². The minimum absolute atomic E-state index is 0.160. The number of aromatic nitrogens is 2. The van der Waals surface area contributed by atoms with Crippen LogP contribution in [-0.4, -0.2) is 27.5 Å². The van der Waals surface area contributed by atoms with Crippen molar-refractivity contribution in [3.63, 3.8) is 0 Å². The van der Waals surface area contributed by atoms with Gasteiger partial charge in [-0.1, -0.05) is 72.4 Å². The molecule has 6 nitrogen and oxygen atoms in total. The number of amides is 2. The Morgan fingerprint density at radius 2 is 1.61 bits per heavy atom. The molecule has 3 aromatic carbocycles. The number of hydrogen-bond acceptors (Lipinski definition) is 5. The highest BCUT2D eigenvalue weighted by molar-refractivity contribution is 8.00. The summed E-state index contributed by atoms with van der Waals surface area (Å²) >= 11 is 1.35. The Morgan fingerprint density at radius 1 is 0.909 bits per heavy atom. The molecule has 0 aliphatic heterocycles. The van der Waals surface area contributed by atoms with Crippen molar-refractivity contribution in [1.82, 2.24) is 15.3 Å². The molecule has 0 saturated heterocycles. The highest BCUT2D eigenvalue weighted by Crippen LogP contribution is 2.25. The van der Waals surface area contributed by atoms with Gasteiger partial charge in [0.1, 0.15) is 10.9 Å². The van der Waals surface area contributed by atoms with Crippen molar-refractivity contribution in [2.24, 2.45) is 0 Å². The molecule has 0 aliphatic carbocycles. The van der Waals surface area contributed by atoms with E-state index < -0.39 is 0 Å². The number of nitrogens with zero attached hydrogens (tertiary/aromatic N) is 2. The minimum Gasteiger partial charge on any atom is -0.345 e. The van der Waals surface area contributed by atoms with E-state index in [2.05, 4.69) is 20.6 Å². The Morgan fingerprint density at radius 3 is 2.42 bits per heavy atom. The number of anilines is 1. The van der Waals surface area contributed by atoms with Crippen molar-refractivity contribution < 1.29 is 9.59 Å². The van der Waals surface area contributed by atoms with E-state index in [4.69, 9.17) is 0 Å². The Bertz CT molecular complexity index is 1290. The molecule has 1 atom stereocenters. The van der Waals surface area contributed by atoms with Crippen LogP contribution in [0.25, 0.3) is 10.9 Å². The Kier molecular flexibility index (Phi) is 7.00. The highest BCUT2D eigenvalue weighted by Gasteiger charge is 2.16. The predicted octanol–water partition coefficient (Wildman–Crippen LogP) is 5.16. The van der Waals surface area contributed by atoms with E-state index in [0.29, 0.717) is 17.1 Å². The number of hydrogen-bond donors (Lipinski definition) is 2. The second-order valence-electron chi connectivity index (χ2n) is 7.58. The summed E-state index contributed by atoms with van der Waals surface area (Å²) in [6, 6.07) is 24.3. The standard InChI is InChI=1S/C26H24N4O2S/c1-17(19-10-4-3-5-11-19)27-25(32)20-12-6-8-14-22(20)30-24(31)16-33-26-21-13-7-9-15-23(21)28-18(2)29-26/h3-15,17H,16H2,1-2H3,(H,27,32)(H,30,31). The van der Waals surface area contributed by atoms with E-state index in [9.17, 15) is 9.59 Å². The van der Waals surface area contributed by atoms with E-state index in [-0.39, 0.29) is 23.6 Å². The summed E-state index contributed by atoms with van der Waals surface area (Å²) in [5.74, 6) is 0.367. The van der Waals surface area contributed by atoms with Gasteiger partial charge in [-0.2, -0.15) is 0 Å². The molecule has 1 heterocycles. The van der Waals surface area contributed by atoms with Gasteiger partial charge in [0.15, 0.2) is 0 Å². The molecule has 0 saturated carbocycles. The molecule has 7 heteroatoms. The second-order valence-corrected chi connectivity index (χ2v) is 8.55. The summed E-state index contributed by atoms with van der Waals surface area (Å²) in [5, 5.41) is 7.54. The molecule has 1 aromatic heterocycles. The summed E-state index contributed by atoms with van der Waals surface area (Å²) in [6.07, 6.45) is 0. The smallest absolute Gasteiger partial charge is 0.253 e. The van der Waals surface area contributed by atoms with Crippen LogP contribution in [0.2, 0.25) is 0 Å². The van der Waals surface area contributed by atoms with Crippen LogP contribution in [0.3, 0.4) is 0 Å². The number of benzene rings is 3. The van der Waals surface area contributed by atoms with Gasteiger partial charge in [0.05, 0.1) is 28.6 Å². The van der Waals surface area contributed by atoms with E-state index in [1.54, 1.807) is 24.3 Å². The highest BCUT2D eigenvalue weighted by atomic mass is 32.2. The molecule has 33 heavy (non-hydrogen) atoms. The Balaban J connectivity index is 1.44. The summed E-state index contributed by atoms with van der Waals surface area (Å²) < 4.78 is 0. The van der Waals surface area contributed by atoms with Gasteiger partial charge < -0.3 is 10.6 Å². The summed E-state index contributed by atoms with van der Waals surface area (Å²) in [5.41, 5.74) is 2.75. The molecule has 0 spiro atoms. The second kappa shape index (κ2) is 10.3. The lowest BCUT2D eigenvalue weighted by Crippen LogP contribution is -2.28. The number of carbonyl (C=O) groups is 2. The van der Waals surface area contributed by atoms with Gasteiger partial charge in [0.25, 0.3) is 5.91 Å². The molecular weight excluding hydrogens is 432 g/mol. The largest absolute Gasteiger partial charge is 0.345 e. The SMILES string of the molecule is Cc1nc(SCC(=O)Nc2ccccc2C(=O)NC(C)c2ccccc2)c2ccccc2n1. The molecule has 2 amide bonds. The molecule has 4 aromatic rings. The third-order valence-corrected chi connectivity index (χ3v) is 6.10. The number of fused-ring (bicyclic) bond motifs is 1. The Hall–Kier alpha value is -3.71. The van der Waals surface area contributed by atoms with Crippen LogP contribution < -0.4 is 10.6 Å². The molecule has 0 aliphatic rings. The van der Waals surface area contributed by atoms with Crippen molar-refractivity contribution in [2.75, 3.05) is 11.1 Å². The van der Waals surface area contributed by atoms with Gasteiger partial charge in [-0.05, 0) is 37.6 Å². The van der Waals surface area contributed by atoms with Crippen molar-refractivity contribution in [2.45, 2.75) is 24.9 Å². The number of aryl methyl sites for hydroxylation is 1. The zero-order valence-corrected chi connectivity index (χ0v) is 19.2. The molecule has 4 rings (SSSR count). The molecule has 0 bridgehead atoms. The number of para-hydroxylation sites is 2. The van der Waals surface area contributed by atoms with Crippen LogP contribution in [0.4, 0.5) is 5.69 Å². The summed E-state index contributed by atoms with van der Waals surface area (Å²) in [4.78, 5) is 34.6. The number of nitrogens with one attached hydrogen (secondary N) is 2. The van der Waals surface area contributed by atoms with E-state index in [1.165, 1.54) is 11.8 Å². The Labute approximate surface area is 196 Å². The lowest BCUT2D eigenvalue weighted by molar-refractivity contribution is -0.113. The maximum atomic E-state index is 12.9. The average molecular weight is 457 g/mol. The molecule has 0 radical (unpaired) electrons. The van der Waals surface area contributed by atoms with Gasteiger partial charge in [-0.25, -0.2) is 9.97 Å². The number of rotatable bonds is 7. The first kappa shape index (κ1) is 22.5. The third-order valence-electron chi connectivity index (χ3n) is 5.11. The van der Waals surface area contributed by atoms with E-state index in [0.717, 1.165) is 21.5 Å². The average Bonchev–Trinajstić information content (AvgIpc) is 2.83. The maximum absolute atomic E-state index is 12.9. The van der Waals surface area contributed by atoms with Gasteiger partial charge >= 0.3 is 0 Å². The van der Waals surface area contributed by atoms with Gasteiger partial charge in [0, 0.05) is 5.39 Å². The third kappa shape index (κ3) is 5.56. The van der Waals surface area contributed by atoms with Gasteiger partial charge in [-0.15, -0.1) is 0 Å². The first-order valence-electron chi connectivity index (χ1n) is 10.6. The summed E-state index contributed by atoms with van der Waals surface area (Å²) in [6.45, 7) is 3.76. The van der Waals surface area contributed by atoms with Crippen molar-refractivity contribution in [3.05, 3.63) is 95.8 Å². The normalized spacial score (nSPS) is 11.7. The molecular formula is C26H24N4O2S. The van der Waals surface area contributed by atoms with Crippen LogP contribution >= 0.6 is 11.8 Å². The number of carbonyl (C=O) groups excluding carboxylic acids is 2. The van der Waals surface area contributed by atoms with Crippen molar-refractivity contribution >= 4 is 40.2 Å². The van der Waals surface area contributed by atoms with Crippen LogP contribution in [0.1, 0.15) is 34.7 Å². The topological polar surface area (TPSA) is 84.0 Å². The van der Waals surface area contributed by atoms with Gasteiger partial charge in [-0.3, -0.25) is 9.59 Å². The fraction of sp³-hybridized carbons (Fsp3) is 0.154. The maximum Gasteiger partial charge on any atom is 0.253 e. The van der Waals surface area contributed by atoms with Crippen molar-refractivity contribution in [1.29, 1.82) is 0 Å². The molecule has 166 valence electrons. The quantitative estimate of drug-likeness (QED) is 0.296. The zero-order chi connectivity index (χ0) is 23.2. The monoisotopic (exact) mass is 456 g/mol. The molecule has 1 unspecified atom stereocenters. The van der Waals surface area contributed by atoms with E-state index >= 15 is 0 Å². The zero-order valence-electron chi connectivity index (χ0n) is 18.4. The molecule has 0 fully saturated rings. The first-order valence-corrected chi connectivity index (χ1v) is 11.6. The van der Waals surface area contributed by atoms with Gasteiger partial charge in [0.2, 0.25) is 5.91 Å². The first-order chi connectivity index (χ1) is 16.0. The predicted molar refractivity (Wildman–Crippen MR) is 132 cm³/mol. The lowest BCUT2D eigenvalue weighted by atomic mass is 10.1. The minimum atomic E-state index is -0.243. The fourth-order valence-corrected chi connectivity index (χ4v) is 4.34. The fourth-order valence-electron chi connectivity index (χ4n) is 3.48.